The molecule has 15 nitrogen and oxygen atoms in total. The Hall–Kier alpha value is -3.06. The second-order valence-electron chi connectivity index (χ2n) is 6.14. The van der Waals surface area contributed by atoms with Gasteiger partial charge in [0.15, 0.2) is 0 Å². The summed E-state index contributed by atoms with van der Waals surface area (Å²) in [6, 6.07) is -6.16. The molecule has 0 rings (SSSR count). The number of hydrogen-bond acceptors (Lipinski definition) is 10. The molecule has 18 heteroatoms. The number of nitrogens with two attached hydrogens (primary N) is 1. The first-order valence-corrected chi connectivity index (χ1v) is 8.73. The van der Waals surface area contributed by atoms with E-state index < -0.39 is 85.9 Å². The number of nitrogens with one attached hydrogen (secondary N) is 3. The van der Waals surface area contributed by atoms with Crippen molar-refractivity contribution in [3.63, 3.8) is 0 Å². The summed E-state index contributed by atoms with van der Waals surface area (Å²) in [4.78, 5) is 55.2. The van der Waals surface area contributed by atoms with E-state index in [9.17, 15) is 47.7 Å². The van der Waals surface area contributed by atoms with Gasteiger partial charge in [-0.05, 0) is 6.92 Å². The van der Waals surface area contributed by atoms with Gasteiger partial charge in [0.25, 0.3) is 0 Å². The Morgan fingerprint density at radius 3 is 1.33 bits per heavy atom. The molecule has 5 atom stereocenters. The van der Waals surface area contributed by atoms with Crippen LogP contribution in [0.25, 0.3) is 0 Å². The number of aliphatic carboxylic acids is 2. The summed E-state index contributed by atoms with van der Waals surface area (Å²) >= 11 is 0. The van der Waals surface area contributed by atoms with Crippen LogP contribution in [-0.4, -0.2) is 117 Å². The van der Waals surface area contributed by atoms with Crippen molar-refractivity contribution in [2.24, 2.45) is 5.73 Å². The van der Waals surface area contributed by atoms with Crippen molar-refractivity contribution in [1.29, 1.82) is 0 Å². The number of amides is 3. The molecule has 0 bridgehead atoms. The normalized spacial score (nSPS) is 15.4. The lowest BCUT2D eigenvalue weighted by Crippen LogP contribution is -2.60. The predicted octanol–water partition coefficient (Wildman–Crippen LogP) is -5.16. The molecule has 0 heterocycles. The van der Waals surface area contributed by atoms with Gasteiger partial charge in [-0.2, -0.15) is 13.2 Å². The maximum absolute atomic E-state index is 12.0. The molecule has 192 valence electrons. The Bertz CT molecular complexity index is 690. The lowest BCUT2D eigenvalue weighted by atomic mass is 10.1. The quantitative estimate of drug-likeness (QED) is 0.129. The molecule has 0 aliphatic carbocycles. The number of rotatable bonds is 11. The van der Waals surface area contributed by atoms with Crippen molar-refractivity contribution < 1.29 is 67.8 Å². The number of hydrogen-bond donors (Lipinski definition) is 10. The summed E-state index contributed by atoms with van der Waals surface area (Å²) in [5.41, 5.74) is 5.38. The minimum Gasteiger partial charge on any atom is -0.480 e. The Labute approximate surface area is 183 Å². The molecule has 0 spiro atoms. The fourth-order valence-electron chi connectivity index (χ4n) is 1.61. The summed E-state index contributed by atoms with van der Waals surface area (Å²) in [6.45, 7) is -1.48. The molecule has 0 aromatic heterocycles. The maximum Gasteiger partial charge on any atom is 0.490 e. The van der Waals surface area contributed by atoms with E-state index in [0.717, 1.165) is 0 Å². The summed E-state index contributed by atoms with van der Waals surface area (Å²) in [6.07, 6.45) is -6.31. The van der Waals surface area contributed by atoms with Gasteiger partial charge in [-0.15, -0.1) is 0 Å². The van der Waals surface area contributed by atoms with E-state index in [4.69, 9.17) is 25.8 Å². The topological polar surface area (TPSA) is 269 Å². The number of alkyl halides is 3. The monoisotopic (exact) mass is 494 g/mol. The minimum absolute atomic E-state index is 0.877. The second kappa shape index (κ2) is 14.9. The van der Waals surface area contributed by atoms with Crippen molar-refractivity contribution in [3.8, 4) is 0 Å². The van der Waals surface area contributed by atoms with Gasteiger partial charge in [-0.3, -0.25) is 14.4 Å². The average Bonchev–Trinajstić information content (AvgIpc) is 2.72. The van der Waals surface area contributed by atoms with Crippen LogP contribution < -0.4 is 21.7 Å². The molecule has 3 amide bonds. The highest BCUT2D eigenvalue weighted by Crippen LogP contribution is 2.13. The third-order valence-corrected chi connectivity index (χ3v) is 3.49. The minimum atomic E-state index is -5.08. The zero-order chi connectivity index (χ0) is 26.5. The fraction of sp³-hybridized carbons (Fsp3) is 0.667. The molecule has 0 aliphatic rings. The van der Waals surface area contributed by atoms with Crippen LogP contribution >= 0.6 is 0 Å². The van der Waals surface area contributed by atoms with Crippen LogP contribution in [0, 0.1) is 0 Å². The first kappa shape index (κ1) is 32.1. The molecule has 0 fully saturated rings. The van der Waals surface area contributed by atoms with Crippen LogP contribution in [-0.2, 0) is 24.0 Å². The van der Waals surface area contributed by atoms with Gasteiger partial charge in [-0.25, -0.2) is 9.59 Å². The van der Waals surface area contributed by atoms with E-state index in [2.05, 4.69) is 5.32 Å². The lowest BCUT2D eigenvalue weighted by Gasteiger charge is -2.23. The fourth-order valence-corrected chi connectivity index (χ4v) is 1.61. The molecule has 11 N–H and O–H groups in total. The molecule has 0 saturated heterocycles. The Morgan fingerprint density at radius 2 is 1.09 bits per heavy atom. The van der Waals surface area contributed by atoms with Crippen molar-refractivity contribution in [2.45, 2.75) is 43.4 Å². The number of carboxylic acids is 2. The molecule has 0 saturated carbocycles. The number of aliphatic hydroxyl groups is 4. The van der Waals surface area contributed by atoms with E-state index in [1.807, 2.05) is 10.6 Å². The second-order valence-corrected chi connectivity index (χ2v) is 6.14. The lowest BCUT2D eigenvalue weighted by molar-refractivity contribution is -0.192. The van der Waals surface area contributed by atoms with Gasteiger partial charge in [0, 0.05) is 0 Å². The highest BCUT2D eigenvalue weighted by Gasteiger charge is 2.38. The highest BCUT2D eigenvalue weighted by molar-refractivity contribution is 5.94. The van der Waals surface area contributed by atoms with Gasteiger partial charge in [-0.1, -0.05) is 0 Å². The van der Waals surface area contributed by atoms with Crippen LogP contribution in [0.15, 0.2) is 0 Å². The van der Waals surface area contributed by atoms with Crippen molar-refractivity contribution in [2.75, 3.05) is 19.8 Å². The summed E-state index contributed by atoms with van der Waals surface area (Å²) in [7, 11) is 0. The average molecular weight is 494 g/mol. The number of aliphatic hydroxyl groups excluding tert-OH is 4. The number of carbonyl (C=O) groups is 5. The van der Waals surface area contributed by atoms with Crippen LogP contribution in [0.3, 0.4) is 0 Å². The number of halogens is 3. The third-order valence-electron chi connectivity index (χ3n) is 3.49. The van der Waals surface area contributed by atoms with Crippen LogP contribution in [0.4, 0.5) is 13.2 Å². The maximum atomic E-state index is 12.0. The Balaban J connectivity index is 0. The molecule has 0 aromatic carbocycles. The Kier molecular flexibility index (Phi) is 14.5. The van der Waals surface area contributed by atoms with Gasteiger partial charge >= 0.3 is 18.1 Å². The van der Waals surface area contributed by atoms with Crippen LogP contribution in [0.2, 0.25) is 0 Å². The molecular formula is C15H25F3N4O11. The third kappa shape index (κ3) is 12.5. The van der Waals surface area contributed by atoms with E-state index >= 15 is 0 Å². The molecule has 2 unspecified atom stereocenters. The van der Waals surface area contributed by atoms with E-state index in [1.54, 1.807) is 0 Å². The SMILES string of the molecule is CC(O)C(N)C(=O)N[C@H](CO)C(=O)N[C@@H](CO)C(=O)N[C@@H](CO)C(=O)O.O=C(O)C(F)(F)F. The molecular weight excluding hydrogens is 469 g/mol. The van der Waals surface area contributed by atoms with Crippen molar-refractivity contribution in [1.82, 2.24) is 16.0 Å². The number of carboxylic acid groups (broad SMARTS) is 2. The summed E-state index contributed by atoms with van der Waals surface area (Å²) < 4.78 is 31.7. The van der Waals surface area contributed by atoms with Crippen molar-refractivity contribution >= 4 is 29.7 Å². The largest absolute Gasteiger partial charge is 0.490 e. The van der Waals surface area contributed by atoms with Gasteiger partial charge in [0.1, 0.15) is 24.2 Å². The first-order chi connectivity index (χ1) is 15.0. The smallest absolute Gasteiger partial charge is 0.480 e. The predicted molar refractivity (Wildman–Crippen MR) is 98.0 cm³/mol. The van der Waals surface area contributed by atoms with E-state index in [0.29, 0.717) is 0 Å². The zero-order valence-electron chi connectivity index (χ0n) is 16.9. The standard InChI is InChI=1S/C13H24N4O9.C2HF3O2/c1-5(21)9(14)12(24)16-7(3-19)10(22)15-6(2-18)11(23)17-8(4-20)13(25)26;3-2(4,5)1(6)7/h5-9,18-21H,2-4,14H2,1H3,(H,15,22)(H,16,24)(H,17,23)(H,25,26);(H,6,7)/t5?,6-,7+,8-,9?;/m0./s1. The first-order valence-electron chi connectivity index (χ1n) is 8.73. The molecule has 0 aromatic rings. The molecule has 0 radical (unpaired) electrons. The van der Waals surface area contributed by atoms with Crippen molar-refractivity contribution in [3.05, 3.63) is 0 Å². The van der Waals surface area contributed by atoms with Crippen LogP contribution in [0.1, 0.15) is 6.92 Å². The van der Waals surface area contributed by atoms with Gasteiger partial charge in [0.2, 0.25) is 17.7 Å². The molecule has 0 aliphatic heterocycles. The highest BCUT2D eigenvalue weighted by atomic mass is 19.4. The van der Waals surface area contributed by atoms with Crippen LogP contribution in [0.5, 0.6) is 0 Å². The zero-order valence-corrected chi connectivity index (χ0v) is 16.9. The van der Waals surface area contributed by atoms with E-state index in [1.165, 1.54) is 6.92 Å². The van der Waals surface area contributed by atoms with E-state index in [-0.39, 0.29) is 0 Å². The Morgan fingerprint density at radius 1 is 0.788 bits per heavy atom. The number of carbonyl (C=O) groups excluding carboxylic acids is 3. The van der Waals surface area contributed by atoms with Gasteiger partial charge < -0.3 is 52.3 Å². The summed E-state index contributed by atoms with van der Waals surface area (Å²) in [5, 5.41) is 58.3. The summed E-state index contributed by atoms with van der Waals surface area (Å²) in [5.74, 6) is -7.40. The molecule has 33 heavy (non-hydrogen) atoms. The van der Waals surface area contributed by atoms with Gasteiger partial charge in [0.05, 0.1) is 25.9 Å².